The molecular formula is C13H19NO4. The average molecular weight is 253 g/mol. The van der Waals surface area contributed by atoms with E-state index in [9.17, 15) is 4.79 Å². The van der Waals surface area contributed by atoms with Gasteiger partial charge in [0.1, 0.15) is 0 Å². The van der Waals surface area contributed by atoms with Gasteiger partial charge in [0.05, 0.1) is 14.2 Å². The topological polar surface area (TPSA) is 59.0 Å². The van der Waals surface area contributed by atoms with Crippen LogP contribution in [0.3, 0.4) is 0 Å². The minimum absolute atomic E-state index is 0.450. The molecule has 0 atom stereocenters. The van der Waals surface area contributed by atoms with Crippen molar-refractivity contribution in [2.45, 2.75) is 13.3 Å². The molecule has 0 aliphatic carbocycles. The number of carboxylic acid groups (broad SMARTS) is 1. The Bertz CT molecular complexity index is 431. The van der Waals surface area contributed by atoms with Crippen LogP contribution in [0.25, 0.3) is 0 Å². The summed E-state index contributed by atoms with van der Waals surface area (Å²) in [6.45, 7) is 2.42. The van der Waals surface area contributed by atoms with Gasteiger partial charge in [-0.3, -0.25) is 0 Å². The van der Waals surface area contributed by atoms with Gasteiger partial charge in [0.2, 0.25) is 0 Å². The molecule has 0 saturated carbocycles. The maximum Gasteiger partial charge on any atom is 0.407 e. The highest BCUT2D eigenvalue weighted by atomic mass is 16.5. The fraction of sp³-hybridized carbons (Fsp3) is 0.462. The van der Waals surface area contributed by atoms with Crippen LogP contribution in [-0.4, -0.2) is 43.9 Å². The average Bonchev–Trinajstić information content (AvgIpc) is 2.36. The van der Waals surface area contributed by atoms with Gasteiger partial charge in [0, 0.05) is 13.6 Å². The Hall–Kier alpha value is -1.91. The number of benzene rings is 1. The smallest absolute Gasteiger partial charge is 0.407 e. The van der Waals surface area contributed by atoms with Gasteiger partial charge in [-0.05, 0) is 36.6 Å². The molecule has 0 saturated heterocycles. The largest absolute Gasteiger partial charge is 0.493 e. The van der Waals surface area contributed by atoms with Crippen molar-refractivity contribution in [3.8, 4) is 11.5 Å². The number of nitrogens with zero attached hydrogens (tertiary/aromatic N) is 1. The van der Waals surface area contributed by atoms with Crippen molar-refractivity contribution in [2.24, 2.45) is 0 Å². The number of aryl methyl sites for hydroxylation is 1. The van der Waals surface area contributed by atoms with Crippen molar-refractivity contribution < 1.29 is 19.4 Å². The summed E-state index contributed by atoms with van der Waals surface area (Å²) in [6.07, 6.45) is -0.275. The molecule has 1 amide bonds. The zero-order valence-corrected chi connectivity index (χ0v) is 11.2. The van der Waals surface area contributed by atoms with Gasteiger partial charge in [-0.25, -0.2) is 4.79 Å². The highest BCUT2D eigenvalue weighted by Gasteiger charge is 2.10. The predicted octanol–water partition coefficient (Wildman–Crippen LogP) is 2.16. The van der Waals surface area contributed by atoms with Crippen LogP contribution in [0.15, 0.2) is 12.1 Å². The zero-order chi connectivity index (χ0) is 13.7. The van der Waals surface area contributed by atoms with Crippen LogP contribution in [0.2, 0.25) is 0 Å². The van der Waals surface area contributed by atoms with Crippen LogP contribution < -0.4 is 9.47 Å². The summed E-state index contributed by atoms with van der Waals surface area (Å²) in [5.41, 5.74) is 2.12. The number of likely N-dealkylation sites (N-methyl/N-ethyl adjacent to an activating group) is 1. The van der Waals surface area contributed by atoms with Gasteiger partial charge in [-0.1, -0.05) is 0 Å². The summed E-state index contributed by atoms with van der Waals surface area (Å²) in [5.74, 6) is 1.35. The monoisotopic (exact) mass is 253 g/mol. The van der Waals surface area contributed by atoms with Crippen molar-refractivity contribution in [3.05, 3.63) is 23.3 Å². The van der Waals surface area contributed by atoms with Crippen LogP contribution >= 0.6 is 0 Å². The molecule has 5 heteroatoms. The normalized spacial score (nSPS) is 10.0. The summed E-state index contributed by atoms with van der Waals surface area (Å²) in [4.78, 5) is 12.0. The molecule has 100 valence electrons. The Morgan fingerprint density at radius 3 is 2.33 bits per heavy atom. The van der Waals surface area contributed by atoms with E-state index in [2.05, 4.69) is 0 Å². The fourth-order valence-corrected chi connectivity index (χ4v) is 1.68. The first-order chi connectivity index (χ1) is 8.49. The summed E-state index contributed by atoms with van der Waals surface area (Å²) >= 11 is 0. The molecule has 5 nitrogen and oxygen atoms in total. The number of ether oxygens (including phenoxy) is 2. The van der Waals surface area contributed by atoms with E-state index in [4.69, 9.17) is 14.6 Å². The van der Waals surface area contributed by atoms with Crippen LogP contribution in [-0.2, 0) is 6.42 Å². The molecular weight excluding hydrogens is 234 g/mol. The third kappa shape index (κ3) is 3.29. The number of hydrogen-bond acceptors (Lipinski definition) is 3. The highest BCUT2D eigenvalue weighted by molar-refractivity contribution is 5.64. The number of carbonyl (C=O) groups is 1. The Kier molecular flexibility index (Phi) is 4.83. The van der Waals surface area contributed by atoms with Crippen LogP contribution in [0.5, 0.6) is 11.5 Å². The van der Waals surface area contributed by atoms with Gasteiger partial charge >= 0.3 is 6.09 Å². The van der Waals surface area contributed by atoms with Gasteiger partial charge in [0.15, 0.2) is 11.5 Å². The van der Waals surface area contributed by atoms with Gasteiger partial charge in [-0.2, -0.15) is 0 Å². The van der Waals surface area contributed by atoms with Crippen LogP contribution in [0.1, 0.15) is 11.1 Å². The summed E-state index contributed by atoms with van der Waals surface area (Å²) < 4.78 is 10.4. The lowest BCUT2D eigenvalue weighted by atomic mass is 10.0. The van der Waals surface area contributed by atoms with Crippen molar-refractivity contribution in [1.29, 1.82) is 0 Å². The molecule has 18 heavy (non-hydrogen) atoms. The SMILES string of the molecule is COc1cc(C)c(CCN(C)C(=O)O)cc1OC. The van der Waals surface area contributed by atoms with Gasteiger partial charge in [0.25, 0.3) is 0 Å². The number of methoxy groups -OCH3 is 2. The van der Waals surface area contributed by atoms with Gasteiger partial charge in [-0.15, -0.1) is 0 Å². The van der Waals surface area contributed by atoms with E-state index in [0.29, 0.717) is 24.5 Å². The molecule has 0 spiro atoms. The van der Waals surface area contributed by atoms with E-state index in [-0.39, 0.29) is 0 Å². The molecule has 1 aromatic carbocycles. The van der Waals surface area contributed by atoms with Crippen LogP contribution in [0, 0.1) is 6.92 Å². The molecule has 0 aliphatic heterocycles. The summed E-state index contributed by atoms with van der Waals surface area (Å²) in [5, 5.41) is 8.79. The van der Waals surface area contributed by atoms with Gasteiger partial charge < -0.3 is 19.5 Å². The Balaban J connectivity index is 2.86. The third-order valence-corrected chi connectivity index (χ3v) is 2.89. The Labute approximate surface area is 107 Å². The van der Waals surface area contributed by atoms with Crippen molar-refractivity contribution in [2.75, 3.05) is 27.8 Å². The lowest BCUT2D eigenvalue weighted by molar-refractivity contribution is 0.156. The molecule has 0 unspecified atom stereocenters. The second kappa shape index (κ2) is 6.14. The predicted molar refractivity (Wildman–Crippen MR) is 68.6 cm³/mol. The molecule has 1 aromatic rings. The molecule has 0 aromatic heterocycles. The molecule has 0 fully saturated rings. The quantitative estimate of drug-likeness (QED) is 0.873. The number of hydrogen-bond donors (Lipinski definition) is 1. The van der Waals surface area contributed by atoms with E-state index in [0.717, 1.165) is 11.1 Å². The first-order valence-electron chi connectivity index (χ1n) is 5.65. The lowest BCUT2D eigenvalue weighted by Gasteiger charge is -2.16. The first-order valence-corrected chi connectivity index (χ1v) is 5.65. The molecule has 1 rings (SSSR count). The minimum Gasteiger partial charge on any atom is -0.493 e. The second-order valence-corrected chi connectivity index (χ2v) is 4.09. The van der Waals surface area contributed by atoms with E-state index < -0.39 is 6.09 Å². The molecule has 1 N–H and O–H groups in total. The second-order valence-electron chi connectivity index (χ2n) is 4.09. The molecule has 0 heterocycles. The maximum atomic E-state index is 10.7. The first kappa shape index (κ1) is 14.2. The lowest BCUT2D eigenvalue weighted by Crippen LogP contribution is -2.27. The molecule has 0 aliphatic rings. The summed E-state index contributed by atoms with van der Waals surface area (Å²) in [7, 11) is 4.73. The zero-order valence-electron chi connectivity index (χ0n) is 11.2. The Morgan fingerprint density at radius 1 is 1.28 bits per heavy atom. The summed E-state index contributed by atoms with van der Waals surface area (Å²) in [6, 6.07) is 3.79. The van der Waals surface area contributed by atoms with E-state index in [1.165, 1.54) is 4.90 Å². The minimum atomic E-state index is -0.923. The number of rotatable bonds is 5. The third-order valence-electron chi connectivity index (χ3n) is 2.89. The maximum absolute atomic E-state index is 10.7. The Morgan fingerprint density at radius 2 is 1.83 bits per heavy atom. The molecule has 0 bridgehead atoms. The van der Waals surface area contributed by atoms with Crippen molar-refractivity contribution in [1.82, 2.24) is 4.90 Å². The van der Waals surface area contributed by atoms with Crippen molar-refractivity contribution >= 4 is 6.09 Å². The molecule has 0 radical (unpaired) electrons. The van der Waals surface area contributed by atoms with E-state index >= 15 is 0 Å². The van der Waals surface area contributed by atoms with E-state index in [1.807, 2.05) is 19.1 Å². The van der Waals surface area contributed by atoms with Crippen LogP contribution in [0.4, 0.5) is 4.79 Å². The standard InChI is InChI=1S/C13H19NO4/c1-9-7-11(17-3)12(18-4)8-10(9)5-6-14(2)13(15)16/h7-8H,5-6H2,1-4H3,(H,15,16). The highest BCUT2D eigenvalue weighted by Crippen LogP contribution is 2.30. The van der Waals surface area contributed by atoms with E-state index in [1.54, 1.807) is 21.3 Å². The number of amides is 1. The van der Waals surface area contributed by atoms with Crippen molar-refractivity contribution in [3.63, 3.8) is 0 Å². The fourth-order valence-electron chi connectivity index (χ4n) is 1.68.